The molecular weight excluding hydrogens is 665 g/mol. The summed E-state index contributed by atoms with van der Waals surface area (Å²) in [4.78, 5) is 1.32. The Morgan fingerprint density at radius 3 is 1.48 bits per heavy atom. The number of thiophene rings is 2. The van der Waals surface area contributed by atoms with Crippen molar-refractivity contribution in [3.05, 3.63) is 182 Å². The van der Waals surface area contributed by atoms with E-state index < -0.39 is 0 Å². The quantitative estimate of drug-likeness (QED) is 0.161. The molecule has 0 aliphatic rings. The standard InChI is InChI=1S/C50H30S2/c1-3-16-32(17-4-1)46-41-29-44-42(30-45(41)52-50(46)33-18-5-2-6-19-33)49-40(27-14-28-43(49)51-44)48-38-24-11-9-22-36(38)47(37-23-10-12-25-39(37)48)35-26-13-20-31-15-7-8-21-34(31)35/h1-30H. The molecule has 0 nitrogen and oxygen atoms in total. The van der Waals surface area contributed by atoms with Crippen molar-refractivity contribution in [3.63, 3.8) is 0 Å². The summed E-state index contributed by atoms with van der Waals surface area (Å²) in [5, 5.41) is 11.7. The monoisotopic (exact) mass is 694 g/mol. The predicted molar refractivity (Wildman–Crippen MR) is 229 cm³/mol. The zero-order valence-corrected chi connectivity index (χ0v) is 29.8. The van der Waals surface area contributed by atoms with Crippen LogP contribution >= 0.6 is 22.7 Å². The van der Waals surface area contributed by atoms with Crippen molar-refractivity contribution in [2.75, 3.05) is 0 Å². The van der Waals surface area contributed by atoms with Crippen molar-refractivity contribution in [2.24, 2.45) is 0 Å². The molecule has 0 bridgehead atoms. The van der Waals surface area contributed by atoms with E-state index in [-0.39, 0.29) is 0 Å². The van der Waals surface area contributed by atoms with Gasteiger partial charge in [-0.2, -0.15) is 0 Å². The highest BCUT2D eigenvalue weighted by molar-refractivity contribution is 7.26. The van der Waals surface area contributed by atoms with Crippen molar-refractivity contribution in [3.8, 4) is 43.8 Å². The maximum atomic E-state index is 2.48. The lowest BCUT2D eigenvalue weighted by Gasteiger charge is -2.19. The van der Waals surface area contributed by atoms with Crippen molar-refractivity contribution < 1.29 is 0 Å². The molecule has 0 amide bonds. The Kier molecular flexibility index (Phi) is 6.70. The molecule has 11 aromatic rings. The molecule has 242 valence electrons. The van der Waals surface area contributed by atoms with Crippen molar-refractivity contribution in [2.45, 2.75) is 0 Å². The first-order chi connectivity index (χ1) is 25.8. The van der Waals surface area contributed by atoms with Crippen LogP contribution in [0.15, 0.2) is 182 Å². The number of rotatable bonds is 4. The van der Waals surface area contributed by atoms with Gasteiger partial charge in [0.15, 0.2) is 0 Å². The molecule has 2 heterocycles. The predicted octanol–water partition coefficient (Wildman–Crippen LogP) is 15.4. The molecule has 9 aromatic carbocycles. The zero-order valence-electron chi connectivity index (χ0n) is 28.1. The Balaban J connectivity index is 1.23. The molecule has 0 spiro atoms. The minimum absolute atomic E-state index is 1.26. The Bertz CT molecular complexity index is 3100. The van der Waals surface area contributed by atoms with Gasteiger partial charge in [0.1, 0.15) is 0 Å². The summed E-state index contributed by atoms with van der Waals surface area (Å²) in [6.45, 7) is 0. The summed E-state index contributed by atoms with van der Waals surface area (Å²) >= 11 is 3.82. The normalized spacial score (nSPS) is 11.8. The molecule has 0 unspecified atom stereocenters. The Hall–Kier alpha value is -6.06. The summed E-state index contributed by atoms with van der Waals surface area (Å²) in [7, 11) is 0. The maximum Gasteiger partial charge on any atom is 0.0433 e. The van der Waals surface area contributed by atoms with Gasteiger partial charge in [-0.3, -0.25) is 0 Å². The van der Waals surface area contributed by atoms with Crippen LogP contribution in [0.1, 0.15) is 0 Å². The smallest absolute Gasteiger partial charge is 0.0433 e. The Morgan fingerprint density at radius 2 is 0.788 bits per heavy atom. The van der Waals surface area contributed by atoms with E-state index in [2.05, 4.69) is 182 Å². The fourth-order valence-corrected chi connectivity index (χ4v) is 10.9. The summed E-state index contributed by atoms with van der Waals surface area (Å²) < 4.78 is 3.97. The average molecular weight is 695 g/mol. The third-order valence-corrected chi connectivity index (χ3v) is 13.0. The van der Waals surface area contributed by atoms with Crippen LogP contribution in [0.3, 0.4) is 0 Å². The second kappa shape index (κ2) is 11.7. The summed E-state index contributed by atoms with van der Waals surface area (Å²) in [5.74, 6) is 0. The van der Waals surface area contributed by atoms with E-state index in [1.54, 1.807) is 0 Å². The van der Waals surface area contributed by atoms with Crippen LogP contribution in [-0.2, 0) is 0 Å². The van der Waals surface area contributed by atoms with Gasteiger partial charge in [0.2, 0.25) is 0 Å². The maximum absolute atomic E-state index is 2.48. The molecule has 0 aliphatic heterocycles. The summed E-state index contributed by atoms with van der Waals surface area (Å²) in [5.41, 5.74) is 9.03. The Labute approximate surface area is 309 Å². The Morgan fingerprint density at radius 1 is 0.288 bits per heavy atom. The molecule has 52 heavy (non-hydrogen) atoms. The molecule has 0 saturated carbocycles. The van der Waals surface area contributed by atoms with Crippen LogP contribution in [0.25, 0.3) is 106 Å². The van der Waals surface area contributed by atoms with Gasteiger partial charge in [-0.05, 0) is 83.9 Å². The van der Waals surface area contributed by atoms with Crippen LogP contribution in [0, 0.1) is 0 Å². The SMILES string of the molecule is c1ccc(-c2sc3cc4c(cc3c2-c2ccccc2)sc2cccc(-c3c5ccccc5c(-c5cccc6ccccc56)c5ccccc35)c24)cc1. The molecule has 0 aliphatic carbocycles. The lowest BCUT2D eigenvalue weighted by atomic mass is 9.84. The molecule has 0 radical (unpaired) electrons. The number of fused-ring (bicyclic) bond motifs is 7. The zero-order chi connectivity index (χ0) is 34.2. The van der Waals surface area contributed by atoms with E-state index >= 15 is 0 Å². The number of hydrogen-bond donors (Lipinski definition) is 0. The van der Waals surface area contributed by atoms with Gasteiger partial charge >= 0.3 is 0 Å². The van der Waals surface area contributed by atoms with E-state index in [1.807, 2.05) is 22.7 Å². The second-order valence-electron chi connectivity index (χ2n) is 13.5. The summed E-state index contributed by atoms with van der Waals surface area (Å²) in [6.07, 6.45) is 0. The van der Waals surface area contributed by atoms with Gasteiger partial charge in [0, 0.05) is 40.7 Å². The highest BCUT2D eigenvalue weighted by Gasteiger charge is 2.22. The molecular formula is C50H30S2. The number of benzene rings is 9. The number of hydrogen-bond acceptors (Lipinski definition) is 2. The van der Waals surface area contributed by atoms with E-state index in [4.69, 9.17) is 0 Å². The third kappa shape index (κ3) is 4.45. The van der Waals surface area contributed by atoms with Crippen LogP contribution in [-0.4, -0.2) is 0 Å². The fraction of sp³-hybridized carbons (Fsp3) is 0. The minimum Gasteiger partial charge on any atom is -0.135 e. The van der Waals surface area contributed by atoms with E-state index in [0.717, 1.165) is 0 Å². The largest absolute Gasteiger partial charge is 0.135 e. The molecule has 0 saturated heterocycles. The van der Waals surface area contributed by atoms with Crippen LogP contribution in [0.4, 0.5) is 0 Å². The lowest BCUT2D eigenvalue weighted by Crippen LogP contribution is -1.92. The third-order valence-electron chi connectivity index (χ3n) is 10.7. The topological polar surface area (TPSA) is 0 Å². The molecule has 2 heteroatoms. The van der Waals surface area contributed by atoms with Gasteiger partial charge < -0.3 is 0 Å². The van der Waals surface area contributed by atoms with Crippen molar-refractivity contribution in [1.29, 1.82) is 0 Å². The molecule has 0 N–H and O–H groups in total. The molecule has 0 atom stereocenters. The first kappa shape index (κ1) is 29.6. The van der Waals surface area contributed by atoms with Gasteiger partial charge in [-0.25, -0.2) is 0 Å². The van der Waals surface area contributed by atoms with E-state index in [9.17, 15) is 0 Å². The lowest BCUT2D eigenvalue weighted by molar-refractivity contribution is 1.66. The first-order valence-corrected chi connectivity index (χ1v) is 19.4. The van der Waals surface area contributed by atoms with Crippen molar-refractivity contribution in [1.82, 2.24) is 0 Å². The van der Waals surface area contributed by atoms with Crippen molar-refractivity contribution >= 4 is 85.2 Å². The van der Waals surface area contributed by atoms with Crippen LogP contribution in [0.5, 0.6) is 0 Å². The molecule has 2 aromatic heterocycles. The summed E-state index contributed by atoms with van der Waals surface area (Å²) in [6, 6.07) is 67.2. The van der Waals surface area contributed by atoms with Gasteiger partial charge in [0.05, 0.1) is 0 Å². The molecule has 0 fully saturated rings. The van der Waals surface area contributed by atoms with Gasteiger partial charge in [-0.15, -0.1) is 22.7 Å². The first-order valence-electron chi connectivity index (χ1n) is 17.8. The highest BCUT2D eigenvalue weighted by Crippen LogP contribution is 2.51. The van der Waals surface area contributed by atoms with Crippen LogP contribution in [0.2, 0.25) is 0 Å². The fourth-order valence-electron chi connectivity index (χ4n) is 8.46. The molecule has 11 rings (SSSR count). The van der Waals surface area contributed by atoms with Gasteiger partial charge in [0.25, 0.3) is 0 Å². The van der Waals surface area contributed by atoms with Gasteiger partial charge in [-0.1, -0.05) is 164 Å². The van der Waals surface area contributed by atoms with E-state index in [0.29, 0.717) is 0 Å². The average Bonchev–Trinajstić information content (AvgIpc) is 3.77. The second-order valence-corrected chi connectivity index (χ2v) is 15.7. The highest BCUT2D eigenvalue weighted by atomic mass is 32.1. The van der Waals surface area contributed by atoms with E-state index in [1.165, 1.54) is 106 Å². The van der Waals surface area contributed by atoms with Crippen LogP contribution < -0.4 is 0 Å². The minimum atomic E-state index is 1.26.